The van der Waals surface area contributed by atoms with Gasteiger partial charge in [0.2, 0.25) is 6.79 Å². The Morgan fingerprint density at radius 1 is 0.951 bits per heavy atom. The zero-order valence-corrected chi connectivity index (χ0v) is 22.5. The van der Waals surface area contributed by atoms with Crippen molar-refractivity contribution in [3.63, 3.8) is 0 Å². The molecule has 41 heavy (non-hydrogen) atoms. The molecule has 0 unspecified atom stereocenters. The topological polar surface area (TPSA) is 111 Å². The highest BCUT2D eigenvalue weighted by atomic mass is 35.5. The van der Waals surface area contributed by atoms with E-state index in [-0.39, 0.29) is 17.8 Å². The zero-order valence-electron chi connectivity index (χ0n) is 21.7. The second kappa shape index (κ2) is 9.79. The summed E-state index contributed by atoms with van der Waals surface area (Å²) in [5.41, 5.74) is 2.63. The third kappa shape index (κ3) is 4.09. The van der Waals surface area contributed by atoms with E-state index >= 15 is 0 Å². The number of benzene rings is 3. The molecule has 3 aromatic carbocycles. The van der Waals surface area contributed by atoms with Crippen LogP contribution in [0.4, 0.5) is 5.82 Å². The Kier molecular flexibility index (Phi) is 5.94. The maximum Gasteiger partial charge on any atom is 0.263 e. The highest BCUT2D eigenvalue weighted by Crippen LogP contribution is 2.40. The fourth-order valence-corrected chi connectivity index (χ4v) is 5.74. The number of H-pyrrole nitrogens is 1. The molecule has 0 radical (unpaired) electrons. The molecule has 7 rings (SSSR count). The lowest BCUT2D eigenvalue weighted by molar-refractivity contribution is 0.174. The van der Waals surface area contributed by atoms with E-state index < -0.39 is 6.04 Å². The minimum Gasteiger partial charge on any atom is -0.454 e. The van der Waals surface area contributed by atoms with Gasteiger partial charge in [-0.2, -0.15) is 0 Å². The number of halogens is 1. The first-order valence-electron chi connectivity index (χ1n) is 12.9. The molecule has 0 spiro atoms. The first kappa shape index (κ1) is 24.9. The second-order valence-electron chi connectivity index (χ2n) is 9.63. The van der Waals surface area contributed by atoms with Crippen LogP contribution in [0.3, 0.4) is 0 Å². The minimum atomic E-state index is -0.535. The molecule has 3 aromatic heterocycles. The van der Waals surface area contributed by atoms with Crippen molar-refractivity contribution in [1.82, 2.24) is 19.5 Å². The van der Waals surface area contributed by atoms with E-state index in [1.165, 1.54) is 18.6 Å². The maximum absolute atomic E-state index is 14.5. The van der Waals surface area contributed by atoms with Gasteiger partial charge in [-0.3, -0.25) is 14.2 Å². The van der Waals surface area contributed by atoms with Crippen LogP contribution in [0.1, 0.15) is 18.7 Å². The van der Waals surface area contributed by atoms with Crippen molar-refractivity contribution in [1.29, 1.82) is 0 Å². The van der Waals surface area contributed by atoms with Gasteiger partial charge in [-0.25, -0.2) is 9.97 Å². The average Bonchev–Trinajstić information content (AvgIpc) is 3.47. The highest BCUT2D eigenvalue weighted by molar-refractivity contribution is 6.36. The fourth-order valence-electron chi connectivity index (χ4n) is 5.34. The number of fused-ring (bicyclic) bond motifs is 3. The zero-order chi connectivity index (χ0) is 28.1. The number of nitrogens with zero attached hydrogens (tertiary/aromatic N) is 3. The molecule has 4 heterocycles. The number of aromatic nitrogens is 4. The monoisotopic (exact) mass is 563 g/mol. The Morgan fingerprint density at radius 3 is 2.63 bits per heavy atom. The Bertz CT molecular complexity index is 2090. The molecule has 10 heteroatoms. The van der Waals surface area contributed by atoms with Crippen LogP contribution in [0.5, 0.6) is 11.5 Å². The summed E-state index contributed by atoms with van der Waals surface area (Å²) in [5.74, 6) is 1.61. The molecule has 0 fully saturated rings. The van der Waals surface area contributed by atoms with Gasteiger partial charge >= 0.3 is 0 Å². The molecule has 1 aliphatic heterocycles. The van der Waals surface area contributed by atoms with Crippen LogP contribution in [-0.2, 0) is 0 Å². The Balaban J connectivity index is 1.47. The summed E-state index contributed by atoms with van der Waals surface area (Å²) in [6.07, 6.45) is 2.91. The van der Waals surface area contributed by atoms with E-state index in [4.69, 9.17) is 21.1 Å². The average molecular weight is 564 g/mol. The summed E-state index contributed by atoms with van der Waals surface area (Å²) in [7, 11) is 0. The molecule has 202 valence electrons. The lowest BCUT2D eigenvalue weighted by Gasteiger charge is -2.24. The van der Waals surface area contributed by atoms with Crippen molar-refractivity contribution in [3.8, 4) is 28.3 Å². The number of aromatic amines is 1. The first-order valence-corrected chi connectivity index (χ1v) is 13.3. The first-order chi connectivity index (χ1) is 20.0. The lowest BCUT2D eigenvalue weighted by atomic mass is 9.97. The number of anilines is 1. The van der Waals surface area contributed by atoms with Gasteiger partial charge in [-0.05, 0) is 42.3 Å². The summed E-state index contributed by atoms with van der Waals surface area (Å²) in [4.78, 5) is 38.7. The van der Waals surface area contributed by atoms with Gasteiger partial charge in [0.25, 0.3) is 5.56 Å². The standard InChI is InChI=1S/C31H22ClN5O4/c1-17(36-30-26-22(38)12-13-33-29(26)34-15-35-30)28-27(32)21-9-5-8-20(18-10-11-23-24(14-18)41-16-40-23)25(21)31(39)37(28)19-6-3-2-4-7-19/h2-15,17H,16H2,1H3,(H2,33,34,35,36,38)/t17-/m0/s1. The van der Waals surface area contributed by atoms with Crippen molar-refractivity contribution in [3.05, 3.63) is 117 Å². The van der Waals surface area contributed by atoms with Gasteiger partial charge < -0.3 is 19.8 Å². The van der Waals surface area contributed by atoms with Gasteiger partial charge in [0.05, 0.1) is 22.1 Å². The second-order valence-corrected chi connectivity index (χ2v) is 10.0. The normalized spacial score (nSPS) is 13.0. The molecular weight excluding hydrogens is 542 g/mol. The summed E-state index contributed by atoms with van der Waals surface area (Å²) in [6.45, 7) is 2.03. The van der Waals surface area contributed by atoms with Crippen LogP contribution in [0.2, 0.25) is 5.02 Å². The van der Waals surface area contributed by atoms with Gasteiger partial charge in [0.1, 0.15) is 23.2 Å². The van der Waals surface area contributed by atoms with E-state index in [9.17, 15) is 9.59 Å². The van der Waals surface area contributed by atoms with E-state index in [1.54, 1.807) is 4.57 Å². The van der Waals surface area contributed by atoms with Crippen LogP contribution in [0, 0.1) is 0 Å². The van der Waals surface area contributed by atoms with Crippen LogP contribution in [-0.4, -0.2) is 26.3 Å². The van der Waals surface area contributed by atoms with Crippen LogP contribution in [0.15, 0.2) is 94.9 Å². The Labute approximate surface area is 238 Å². The molecule has 0 saturated heterocycles. The number of rotatable bonds is 5. The van der Waals surface area contributed by atoms with Crippen molar-refractivity contribution >= 4 is 39.2 Å². The quantitative estimate of drug-likeness (QED) is 0.271. The molecule has 1 atom stereocenters. The lowest BCUT2D eigenvalue weighted by Crippen LogP contribution is -2.27. The number of pyridine rings is 2. The molecule has 6 aromatic rings. The number of nitrogens with one attached hydrogen (secondary N) is 2. The van der Waals surface area contributed by atoms with E-state index in [2.05, 4.69) is 20.3 Å². The third-order valence-electron chi connectivity index (χ3n) is 7.19. The summed E-state index contributed by atoms with van der Waals surface area (Å²) < 4.78 is 12.7. The molecule has 0 aliphatic carbocycles. The molecular formula is C31H22ClN5O4. The summed E-state index contributed by atoms with van der Waals surface area (Å²) in [5, 5.41) is 5.11. The van der Waals surface area contributed by atoms with Crippen LogP contribution in [0.25, 0.3) is 38.6 Å². The van der Waals surface area contributed by atoms with Gasteiger partial charge in [-0.1, -0.05) is 54.1 Å². The van der Waals surface area contributed by atoms with Crippen molar-refractivity contribution in [2.75, 3.05) is 12.1 Å². The highest BCUT2D eigenvalue weighted by Gasteiger charge is 2.25. The minimum absolute atomic E-state index is 0.155. The third-order valence-corrected chi connectivity index (χ3v) is 7.59. The van der Waals surface area contributed by atoms with Crippen molar-refractivity contribution in [2.24, 2.45) is 0 Å². The molecule has 0 amide bonds. The largest absolute Gasteiger partial charge is 0.454 e. The Hall–Kier alpha value is -5.15. The number of hydrogen-bond acceptors (Lipinski definition) is 7. The SMILES string of the molecule is C[C@H](Nc1ncnc2[nH]ccc(=O)c12)c1c(Cl)c2cccc(-c3ccc4c(c3)OCO4)c2c(=O)n1-c1ccccc1. The molecule has 9 nitrogen and oxygen atoms in total. The molecule has 0 bridgehead atoms. The van der Waals surface area contributed by atoms with Gasteiger partial charge in [-0.15, -0.1) is 0 Å². The predicted molar refractivity (Wildman–Crippen MR) is 158 cm³/mol. The summed E-state index contributed by atoms with van der Waals surface area (Å²) in [6, 6.07) is 21.4. The Morgan fingerprint density at radius 2 is 1.78 bits per heavy atom. The van der Waals surface area contributed by atoms with Crippen molar-refractivity contribution < 1.29 is 9.47 Å². The smallest absolute Gasteiger partial charge is 0.263 e. The maximum atomic E-state index is 14.5. The molecule has 0 saturated carbocycles. The molecule has 2 N–H and O–H groups in total. The predicted octanol–water partition coefficient (Wildman–Crippen LogP) is 5.84. The van der Waals surface area contributed by atoms with Gasteiger partial charge in [0.15, 0.2) is 16.9 Å². The van der Waals surface area contributed by atoms with Crippen LogP contribution >= 0.6 is 11.6 Å². The fraction of sp³-hybridized carbons (Fsp3) is 0.0968. The number of hydrogen-bond donors (Lipinski definition) is 2. The number of para-hydroxylation sites is 1. The number of ether oxygens (including phenoxy) is 2. The van der Waals surface area contributed by atoms with Gasteiger partial charge in [0, 0.05) is 23.3 Å². The van der Waals surface area contributed by atoms with Crippen LogP contribution < -0.4 is 25.8 Å². The van der Waals surface area contributed by atoms with Crippen molar-refractivity contribution in [2.45, 2.75) is 13.0 Å². The summed E-state index contributed by atoms with van der Waals surface area (Å²) >= 11 is 7.19. The van der Waals surface area contributed by atoms with E-state index in [0.29, 0.717) is 55.5 Å². The molecule has 1 aliphatic rings. The van der Waals surface area contributed by atoms with E-state index in [1.807, 2.05) is 73.7 Å². The van der Waals surface area contributed by atoms with E-state index in [0.717, 1.165) is 11.1 Å².